The molecule has 0 aliphatic rings. The van der Waals surface area contributed by atoms with Crippen molar-refractivity contribution in [3.05, 3.63) is 41.3 Å². The monoisotopic (exact) mass is 236 g/mol. The molecule has 0 spiro atoms. The van der Waals surface area contributed by atoms with E-state index in [1.165, 1.54) is 24.8 Å². The fourth-order valence-electron chi connectivity index (χ4n) is 1.42. The van der Waals surface area contributed by atoms with Crippen LogP contribution < -0.4 is 0 Å². The number of benzene rings is 1. The van der Waals surface area contributed by atoms with Gasteiger partial charge < -0.3 is 0 Å². The lowest BCUT2D eigenvalue weighted by Gasteiger charge is -1.97. The summed E-state index contributed by atoms with van der Waals surface area (Å²) in [5, 5.41) is 1.81. The third-order valence-electron chi connectivity index (χ3n) is 2.45. The van der Waals surface area contributed by atoms with Gasteiger partial charge in [0.05, 0.1) is 10.8 Å². The maximum atomic E-state index is 11.8. The van der Waals surface area contributed by atoms with Gasteiger partial charge in [0.25, 0.3) is 0 Å². The Morgan fingerprint density at radius 2 is 1.88 bits per heavy atom. The van der Waals surface area contributed by atoms with E-state index in [4.69, 9.17) is 0 Å². The van der Waals surface area contributed by atoms with Gasteiger partial charge in [-0.3, -0.25) is 0 Å². The summed E-state index contributed by atoms with van der Waals surface area (Å²) in [6.07, 6.45) is 6.74. The summed E-state index contributed by atoms with van der Waals surface area (Å²) in [7, 11) is -0.978. The molecule has 0 heterocycles. The van der Waals surface area contributed by atoms with E-state index in [1.807, 2.05) is 37.3 Å². The number of aryl methyl sites for hydroxylation is 1. The van der Waals surface area contributed by atoms with Gasteiger partial charge in [0.15, 0.2) is 0 Å². The summed E-state index contributed by atoms with van der Waals surface area (Å²) in [5.41, 5.74) is 1.20. The number of allylic oxidation sites excluding steroid dienone is 1. The predicted octanol–water partition coefficient (Wildman–Crippen LogP) is 4.20. The van der Waals surface area contributed by atoms with Gasteiger partial charge in [-0.1, -0.05) is 43.5 Å². The van der Waals surface area contributed by atoms with Crippen molar-refractivity contribution in [1.82, 2.24) is 0 Å². The van der Waals surface area contributed by atoms with Crippen molar-refractivity contribution >= 4 is 10.8 Å². The molecule has 1 nitrogen and oxygen atoms in total. The van der Waals surface area contributed by atoms with Gasteiger partial charge >= 0.3 is 0 Å². The van der Waals surface area contributed by atoms with E-state index < -0.39 is 10.8 Å². The van der Waals surface area contributed by atoms with Gasteiger partial charge in [0.2, 0.25) is 0 Å². The molecular weight excluding hydrogens is 216 g/mol. The molecule has 0 bridgehead atoms. The largest absolute Gasteiger partial charge is 0.250 e. The van der Waals surface area contributed by atoms with E-state index >= 15 is 0 Å². The van der Waals surface area contributed by atoms with E-state index in [0.29, 0.717) is 0 Å². The van der Waals surface area contributed by atoms with Crippen LogP contribution in [-0.2, 0) is 10.8 Å². The van der Waals surface area contributed by atoms with Gasteiger partial charge in [0.1, 0.15) is 0 Å². The maximum absolute atomic E-state index is 11.8. The zero-order valence-corrected chi connectivity index (χ0v) is 10.9. The van der Waals surface area contributed by atoms with E-state index in [1.54, 1.807) is 5.41 Å². The van der Waals surface area contributed by atoms with Crippen LogP contribution >= 0.6 is 0 Å². The first-order valence-electron chi connectivity index (χ1n) is 5.88. The lowest BCUT2D eigenvalue weighted by Crippen LogP contribution is -1.86. The first kappa shape index (κ1) is 13.2. The Hall–Kier alpha value is -0.890. The molecule has 88 valence electrons. The molecule has 1 aromatic carbocycles. The van der Waals surface area contributed by atoms with Crippen molar-refractivity contribution in [2.75, 3.05) is 0 Å². The second-order valence-electron chi connectivity index (χ2n) is 3.98. The molecule has 2 heteroatoms. The topological polar surface area (TPSA) is 17.1 Å². The summed E-state index contributed by atoms with van der Waals surface area (Å²) in [5.74, 6) is 0. The van der Waals surface area contributed by atoms with E-state index in [2.05, 4.69) is 6.92 Å². The molecule has 1 aromatic rings. The number of rotatable bonds is 6. The SMILES string of the molecule is CCCCC/C=C\S(=O)c1ccc(C)cc1. The van der Waals surface area contributed by atoms with Crippen LogP contribution in [-0.4, -0.2) is 4.21 Å². The van der Waals surface area contributed by atoms with Crippen LogP contribution in [0.2, 0.25) is 0 Å². The Morgan fingerprint density at radius 3 is 2.50 bits per heavy atom. The standard InChI is InChI=1S/C14H20OS/c1-3-4-5-6-7-12-16(15)14-10-8-13(2)9-11-14/h7-12H,3-6H2,1-2H3/b12-7-. The van der Waals surface area contributed by atoms with E-state index in [9.17, 15) is 4.21 Å². The maximum Gasteiger partial charge on any atom is 0.0772 e. The minimum atomic E-state index is -0.978. The van der Waals surface area contributed by atoms with E-state index in [0.717, 1.165) is 11.3 Å². The Labute approximate surface area is 101 Å². The fourth-order valence-corrected chi connectivity index (χ4v) is 2.29. The third-order valence-corrected chi connectivity index (χ3v) is 3.62. The van der Waals surface area contributed by atoms with Crippen LogP contribution in [0, 0.1) is 6.92 Å². The van der Waals surface area contributed by atoms with Gasteiger partial charge in [-0.15, -0.1) is 0 Å². The first-order chi connectivity index (χ1) is 7.74. The van der Waals surface area contributed by atoms with Crippen LogP contribution in [0.4, 0.5) is 0 Å². The lowest BCUT2D eigenvalue weighted by atomic mass is 10.2. The summed E-state index contributed by atoms with van der Waals surface area (Å²) in [6, 6.07) is 7.86. The Kier molecular flexibility index (Phi) is 6.09. The summed E-state index contributed by atoms with van der Waals surface area (Å²) >= 11 is 0. The average molecular weight is 236 g/mol. The van der Waals surface area contributed by atoms with Gasteiger partial charge in [-0.2, -0.15) is 0 Å². The summed E-state index contributed by atoms with van der Waals surface area (Å²) in [4.78, 5) is 0.886. The molecule has 1 atom stereocenters. The molecule has 1 unspecified atom stereocenters. The highest BCUT2D eigenvalue weighted by atomic mass is 32.2. The molecule has 0 radical (unpaired) electrons. The van der Waals surface area contributed by atoms with Gasteiger partial charge in [-0.25, -0.2) is 4.21 Å². The van der Waals surface area contributed by atoms with E-state index in [-0.39, 0.29) is 0 Å². The molecule has 0 N–H and O–H groups in total. The smallest absolute Gasteiger partial charge is 0.0772 e. The third kappa shape index (κ3) is 4.75. The number of unbranched alkanes of at least 4 members (excludes halogenated alkanes) is 3. The highest BCUT2D eigenvalue weighted by Gasteiger charge is 1.97. The molecule has 1 rings (SSSR count). The molecule has 0 aliphatic heterocycles. The van der Waals surface area contributed by atoms with Crippen LogP contribution in [0.3, 0.4) is 0 Å². The fraction of sp³-hybridized carbons (Fsp3) is 0.429. The Balaban J connectivity index is 2.43. The Bertz CT molecular complexity index is 352. The molecule has 16 heavy (non-hydrogen) atoms. The highest BCUT2D eigenvalue weighted by Crippen LogP contribution is 2.10. The molecule has 0 saturated carbocycles. The molecule has 0 amide bonds. The highest BCUT2D eigenvalue weighted by molar-refractivity contribution is 7.88. The van der Waals surface area contributed by atoms with Crippen LogP contribution in [0.25, 0.3) is 0 Å². The summed E-state index contributed by atoms with van der Waals surface area (Å²) < 4.78 is 11.8. The summed E-state index contributed by atoms with van der Waals surface area (Å²) in [6.45, 7) is 4.22. The van der Waals surface area contributed by atoms with Crippen molar-refractivity contribution in [2.45, 2.75) is 44.4 Å². The van der Waals surface area contributed by atoms with Crippen molar-refractivity contribution in [3.63, 3.8) is 0 Å². The van der Waals surface area contributed by atoms with Gasteiger partial charge in [-0.05, 0) is 31.9 Å². The molecule has 0 fully saturated rings. The van der Waals surface area contributed by atoms with Crippen LogP contribution in [0.15, 0.2) is 40.6 Å². The Morgan fingerprint density at radius 1 is 1.19 bits per heavy atom. The van der Waals surface area contributed by atoms with Crippen LogP contribution in [0.1, 0.15) is 38.2 Å². The quantitative estimate of drug-likeness (QED) is 0.677. The molecular formula is C14H20OS. The number of hydrogen-bond donors (Lipinski definition) is 0. The molecule has 0 aromatic heterocycles. The zero-order chi connectivity index (χ0) is 11.8. The molecule has 0 saturated heterocycles. The van der Waals surface area contributed by atoms with Crippen molar-refractivity contribution in [2.24, 2.45) is 0 Å². The minimum Gasteiger partial charge on any atom is -0.250 e. The average Bonchev–Trinajstić information content (AvgIpc) is 2.29. The zero-order valence-electron chi connectivity index (χ0n) is 10.1. The van der Waals surface area contributed by atoms with Crippen molar-refractivity contribution in [3.8, 4) is 0 Å². The second kappa shape index (κ2) is 7.39. The molecule has 0 aliphatic carbocycles. The predicted molar refractivity (Wildman–Crippen MR) is 70.9 cm³/mol. The first-order valence-corrected chi connectivity index (χ1v) is 7.09. The van der Waals surface area contributed by atoms with Crippen molar-refractivity contribution in [1.29, 1.82) is 0 Å². The normalized spacial score (nSPS) is 13.1. The second-order valence-corrected chi connectivity index (χ2v) is 5.32. The minimum absolute atomic E-state index is 0.886. The lowest BCUT2D eigenvalue weighted by molar-refractivity contribution is 0.688. The number of hydrogen-bond acceptors (Lipinski definition) is 1. The van der Waals surface area contributed by atoms with Crippen LogP contribution in [0.5, 0.6) is 0 Å². The van der Waals surface area contributed by atoms with Crippen molar-refractivity contribution < 1.29 is 4.21 Å². The van der Waals surface area contributed by atoms with Gasteiger partial charge in [0, 0.05) is 10.3 Å².